The quantitative estimate of drug-likeness (QED) is 0.711. The Kier molecular flexibility index (Phi) is 3.93. The molecule has 1 amide bonds. The maximum atomic E-state index is 11.7. The van der Waals surface area contributed by atoms with Crippen molar-refractivity contribution in [3.8, 4) is 0 Å². The maximum absolute atomic E-state index is 11.7. The first-order chi connectivity index (χ1) is 6.55. The Morgan fingerprint density at radius 3 is 2.79 bits per heavy atom. The number of amides is 1. The van der Waals surface area contributed by atoms with Crippen molar-refractivity contribution in [2.45, 2.75) is 33.6 Å². The zero-order valence-electron chi connectivity index (χ0n) is 9.52. The molecule has 3 nitrogen and oxygen atoms in total. The van der Waals surface area contributed by atoms with Crippen molar-refractivity contribution >= 4 is 5.91 Å². The van der Waals surface area contributed by atoms with Gasteiger partial charge in [0.15, 0.2) is 0 Å². The van der Waals surface area contributed by atoms with Crippen LogP contribution in [-0.4, -0.2) is 25.5 Å². The first-order valence-corrected chi connectivity index (χ1v) is 5.53. The summed E-state index contributed by atoms with van der Waals surface area (Å²) in [5.41, 5.74) is 0.224. The minimum absolute atomic E-state index is 0.197. The largest absolute Gasteiger partial charge is 0.355 e. The van der Waals surface area contributed by atoms with Gasteiger partial charge in [0.1, 0.15) is 0 Å². The average molecular weight is 198 g/mol. The molecular weight excluding hydrogens is 176 g/mol. The van der Waals surface area contributed by atoms with Gasteiger partial charge in [-0.3, -0.25) is 4.79 Å². The van der Waals surface area contributed by atoms with E-state index >= 15 is 0 Å². The Morgan fingerprint density at radius 1 is 1.57 bits per heavy atom. The molecule has 2 N–H and O–H groups in total. The normalized spacial score (nSPS) is 22.4. The molecule has 14 heavy (non-hydrogen) atoms. The second-order valence-corrected chi connectivity index (χ2v) is 4.93. The smallest absolute Gasteiger partial charge is 0.224 e. The van der Waals surface area contributed by atoms with Crippen LogP contribution < -0.4 is 10.6 Å². The van der Waals surface area contributed by atoms with Crippen LogP contribution in [0, 0.1) is 11.3 Å². The van der Waals surface area contributed by atoms with Crippen molar-refractivity contribution in [1.82, 2.24) is 10.6 Å². The van der Waals surface area contributed by atoms with E-state index in [1.807, 2.05) is 0 Å². The zero-order chi connectivity index (χ0) is 10.6. The molecule has 1 fully saturated rings. The number of nitrogens with one attached hydrogen (secondary N) is 2. The van der Waals surface area contributed by atoms with Gasteiger partial charge in [0, 0.05) is 13.1 Å². The van der Waals surface area contributed by atoms with Gasteiger partial charge in [0.2, 0.25) is 5.91 Å². The predicted octanol–water partition coefficient (Wildman–Crippen LogP) is 1.15. The molecule has 1 heterocycles. The van der Waals surface area contributed by atoms with Crippen molar-refractivity contribution in [1.29, 1.82) is 0 Å². The monoisotopic (exact) mass is 198 g/mol. The van der Waals surface area contributed by atoms with Crippen molar-refractivity contribution in [2.24, 2.45) is 11.3 Å². The maximum Gasteiger partial charge on any atom is 0.224 e. The summed E-state index contributed by atoms with van der Waals surface area (Å²) < 4.78 is 0. The second-order valence-electron chi connectivity index (χ2n) is 4.93. The van der Waals surface area contributed by atoms with E-state index in [9.17, 15) is 4.79 Å². The third kappa shape index (κ3) is 3.29. The van der Waals surface area contributed by atoms with E-state index in [-0.39, 0.29) is 17.2 Å². The van der Waals surface area contributed by atoms with Gasteiger partial charge in [0.05, 0.1) is 5.92 Å². The van der Waals surface area contributed by atoms with E-state index in [1.165, 1.54) is 0 Å². The van der Waals surface area contributed by atoms with Crippen LogP contribution in [0.15, 0.2) is 0 Å². The number of carbonyl (C=O) groups is 1. The minimum Gasteiger partial charge on any atom is -0.355 e. The van der Waals surface area contributed by atoms with E-state index in [2.05, 4.69) is 31.4 Å². The van der Waals surface area contributed by atoms with Crippen LogP contribution in [-0.2, 0) is 4.79 Å². The van der Waals surface area contributed by atoms with Gasteiger partial charge in [-0.15, -0.1) is 0 Å². The SMILES string of the molecule is CCC(C)(C)CNC(=O)C1CCNC1. The summed E-state index contributed by atoms with van der Waals surface area (Å²) in [6.07, 6.45) is 2.08. The summed E-state index contributed by atoms with van der Waals surface area (Å²) in [5, 5.41) is 6.24. The minimum atomic E-state index is 0.197. The van der Waals surface area contributed by atoms with E-state index in [0.717, 1.165) is 32.5 Å². The molecule has 0 aromatic heterocycles. The molecule has 0 spiro atoms. The molecule has 1 aliphatic heterocycles. The lowest BCUT2D eigenvalue weighted by atomic mass is 9.90. The Hall–Kier alpha value is -0.570. The van der Waals surface area contributed by atoms with Crippen molar-refractivity contribution < 1.29 is 4.79 Å². The summed E-state index contributed by atoms with van der Waals surface area (Å²) in [6.45, 7) is 9.14. The fourth-order valence-corrected chi connectivity index (χ4v) is 1.47. The average Bonchev–Trinajstić information content (AvgIpc) is 2.67. The van der Waals surface area contributed by atoms with Crippen LogP contribution in [0.5, 0.6) is 0 Å². The highest BCUT2D eigenvalue weighted by Crippen LogP contribution is 2.18. The third-order valence-electron chi connectivity index (χ3n) is 3.13. The van der Waals surface area contributed by atoms with E-state index in [1.54, 1.807) is 0 Å². The van der Waals surface area contributed by atoms with Gasteiger partial charge in [0.25, 0.3) is 0 Å². The highest BCUT2D eigenvalue weighted by atomic mass is 16.1. The van der Waals surface area contributed by atoms with Crippen LogP contribution in [0.4, 0.5) is 0 Å². The molecule has 0 bridgehead atoms. The molecule has 1 aliphatic rings. The Morgan fingerprint density at radius 2 is 2.29 bits per heavy atom. The molecule has 1 atom stereocenters. The molecular formula is C11H22N2O. The van der Waals surface area contributed by atoms with Gasteiger partial charge in [-0.05, 0) is 24.8 Å². The molecule has 1 unspecified atom stereocenters. The third-order valence-corrected chi connectivity index (χ3v) is 3.13. The lowest BCUT2D eigenvalue weighted by molar-refractivity contribution is -0.124. The fraction of sp³-hybridized carbons (Fsp3) is 0.909. The summed E-state index contributed by atoms with van der Waals surface area (Å²) in [7, 11) is 0. The molecule has 1 saturated heterocycles. The fourth-order valence-electron chi connectivity index (χ4n) is 1.47. The lowest BCUT2D eigenvalue weighted by Crippen LogP contribution is -2.38. The first kappa shape index (κ1) is 11.5. The molecule has 0 radical (unpaired) electrons. The highest BCUT2D eigenvalue weighted by Gasteiger charge is 2.24. The van der Waals surface area contributed by atoms with Crippen molar-refractivity contribution in [3.63, 3.8) is 0 Å². The first-order valence-electron chi connectivity index (χ1n) is 5.53. The van der Waals surface area contributed by atoms with Gasteiger partial charge in [-0.25, -0.2) is 0 Å². The van der Waals surface area contributed by atoms with Crippen LogP contribution >= 0.6 is 0 Å². The standard InChI is InChI=1S/C11H22N2O/c1-4-11(2,3)8-13-10(14)9-5-6-12-7-9/h9,12H,4-8H2,1-3H3,(H,13,14). The predicted molar refractivity (Wildman–Crippen MR) is 58.1 cm³/mol. The summed E-state index contributed by atoms with van der Waals surface area (Å²) in [4.78, 5) is 11.7. The topological polar surface area (TPSA) is 41.1 Å². The molecule has 1 rings (SSSR count). The number of hydrogen-bond acceptors (Lipinski definition) is 2. The molecule has 0 saturated carbocycles. The Bertz CT molecular complexity index is 195. The van der Waals surface area contributed by atoms with Crippen LogP contribution in [0.1, 0.15) is 33.6 Å². The van der Waals surface area contributed by atoms with Crippen LogP contribution in [0.25, 0.3) is 0 Å². The number of rotatable bonds is 4. The van der Waals surface area contributed by atoms with Gasteiger partial charge in [-0.2, -0.15) is 0 Å². The number of carbonyl (C=O) groups excluding carboxylic acids is 1. The van der Waals surface area contributed by atoms with E-state index < -0.39 is 0 Å². The lowest BCUT2D eigenvalue weighted by Gasteiger charge is -2.23. The highest BCUT2D eigenvalue weighted by molar-refractivity contribution is 5.79. The zero-order valence-corrected chi connectivity index (χ0v) is 9.52. The molecule has 82 valence electrons. The summed E-state index contributed by atoms with van der Waals surface area (Å²) in [6, 6.07) is 0. The van der Waals surface area contributed by atoms with Crippen molar-refractivity contribution in [2.75, 3.05) is 19.6 Å². The number of hydrogen-bond donors (Lipinski definition) is 2. The Labute approximate surface area is 86.6 Å². The van der Waals surface area contributed by atoms with Crippen LogP contribution in [0.2, 0.25) is 0 Å². The molecule has 0 aromatic carbocycles. The van der Waals surface area contributed by atoms with Gasteiger partial charge in [-0.1, -0.05) is 20.8 Å². The molecule has 3 heteroatoms. The van der Waals surface area contributed by atoms with Gasteiger partial charge < -0.3 is 10.6 Å². The van der Waals surface area contributed by atoms with E-state index in [4.69, 9.17) is 0 Å². The van der Waals surface area contributed by atoms with Gasteiger partial charge >= 0.3 is 0 Å². The summed E-state index contributed by atoms with van der Waals surface area (Å²) in [5.74, 6) is 0.416. The second kappa shape index (κ2) is 4.78. The molecule has 0 aromatic rings. The molecule has 0 aliphatic carbocycles. The Balaban J connectivity index is 2.27. The summed E-state index contributed by atoms with van der Waals surface area (Å²) >= 11 is 0. The van der Waals surface area contributed by atoms with Crippen molar-refractivity contribution in [3.05, 3.63) is 0 Å². The van der Waals surface area contributed by atoms with Crippen LogP contribution in [0.3, 0.4) is 0 Å². The van der Waals surface area contributed by atoms with E-state index in [0.29, 0.717) is 0 Å².